The second kappa shape index (κ2) is 8.26. The Morgan fingerprint density at radius 3 is 2.42 bits per heavy atom. The molecule has 0 heterocycles. The molecule has 2 heteroatoms. The summed E-state index contributed by atoms with van der Waals surface area (Å²) in [7, 11) is 0. The average Bonchev–Trinajstić information content (AvgIpc) is 2.31. The van der Waals surface area contributed by atoms with Crippen LogP contribution in [0.2, 0.25) is 0 Å². The summed E-state index contributed by atoms with van der Waals surface area (Å²) >= 11 is 0. The first-order chi connectivity index (χ1) is 8.96. The first-order valence-corrected chi connectivity index (χ1v) is 8.33. The van der Waals surface area contributed by atoms with Gasteiger partial charge in [-0.2, -0.15) is 0 Å². The minimum atomic E-state index is 0.00513. The Kier molecular flexibility index (Phi) is 7.38. The molecule has 0 radical (unpaired) electrons. The molecule has 0 saturated heterocycles. The van der Waals surface area contributed by atoms with E-state index < -0.39 is 0 Å². The molecule has 1 aliphatic carbocycles. The highest BCUT2D eigenvalue weighted by molar-refractivity contribution is 4.84. The van der Waals surface area contributed by atoms with Crippen molar-refractivity contribution >= 4 is 0 Å². The van der Waals surface area contributed by atoms with Crippen LogP contribution in [0.15, 0.2) is 0 Å². The molecule has 1 rings (SSSR count). The predicted octanol–water partition coefficient (Wildman–Crippen LogP) is 4.39. The van der Waals surface area contributed by atoms with Crippen LogP contribution in [0.25, 0.3) is 0 Å². The molecule has 19 heavy (non-hydrogen) atoms. The van der Waals surface area contributed by atoms with Crippen LogP contribution in [0, 0.1) is 11.8 Å². The van der Waals surface area contributed by atoms with Crippen molar-refractivity contribution < 1.29 is 4.74 Å². The van der Waals surface area contributed by atoms with Crippen molar-refractivity contribution in [3.63, 3.8) is 0 Å². The SMILES string of the molecule is CCCC1CCC(NCC)C(CCOC(C)(C)C)C1. The molecule has 0 aromatic heterocycles. The topological polar surface area (TPSA) is 21.3 Å². The zero-order valence-corrected chi connectivity index (χ0v) is 13.8. The maximum absolute atomic E-state index is 5.93. The van der Waals surface area contributed by atoms with Gasteiger partial charge in [0.2, 0.25) is 0 Å². The van der Waals surface area contributed by atoms with Crippen LogP contribution in [0.4, 0.5) is 0 Å². The quantitative estimate of drug-likeness (QED) is 0.740. The molecule has 0 spiro atoms. The lowest BCUT2D eigenvalue weighted by Crippen LogP contribution is -2.41. The van der Waals surface area contributed by atoms with Gasteiger partial charge in [0.05, 0.1) is 5.60 Å². The molecule has 1 N–H and O–H groups in total. The van der Waals surface area contributed by atoms with Crippen molar-refractivity contribution in [2.75, 3.05) is 13.2 Å². The summed E-state index contributed by atoms with van der Waals surface area (Å²) in [5, 5.41) is 3.69. The van der Waals surface area contributed by atoms with E-state index in [1.165, 1.54) is 38.5 Å². The zero-order valence-electron chi connectivity index (χ0n) is 13.8. The van der Waals surface area contributed by atoms with E-state index in [-0.39, 0.29) is 5.60 Å². The molecule has 3 atom stereocenters. The van der Waals surface area contributed by atoms with Gasteiger partial charge in [0.25, 0.3) is 0 Å². The summed E-state index contributed by atoms with van der Waals surface area (Å²) < 4.78 is 5.93. The van der Waals surface area contributed by atoms with Gasteiger partial charge in [-0.25, -0.2) is 0 Å². The van der Waals surface area contributed by atoms with Crippen molar-refractivity contribution in [3.8, 4) is 0 Å². The van der Waals surface area contributed by atoms with Gasteiger partial charge in [-0.3, -0.25) is 0 Å². The summed E-state index contributed by atoms with van der Waals surface area (Å²) in [5.74, 6) is 1.77. The highest BCUT2D eigenvalue weighted by atomic mass is 16.5. The smallest absolute Gasteiger partial charge is 0.0598 e. The van der Waals surface area contributed by atoms with Crippen molar-refractivity contribution in [3.05, 3.63) is 0 Å². The van der Waals surface area contributed by atoms with Crippen LogP contribution < -0.4 is 5.32 Å². The molecule has 0 amide bonds. The number of nitrogens with one attached hydrogen (secondary N) is 1. The van der Waals surface area contributed by atoms with Crippen LogP contribution in [0.3, 0.4) is 0 Å². The summed E-state index contributed by atoms with van der Waals surface area (Å²) in [6.45, 7) is 13.0. The van der Waals surface area contributed by atoms with Crippen LogP contribution >= 0.6 is 0 Å². The van der Waals surface area contributed by atoms with Gasteiger partial charge in [-0.15, -0.1) is 0 Å². The molecule has 0 aliphatic heterocycles. The number of rotatable bonds is 7. The van der Waals surface area contributed by atoms with Crippen molar-refractivity contribution in [2.24, 2.45) is 11.8 Å². The maximum atomic E-state index is 5.93. The van der Waals surface area contributed by atoms with Crippen LogP contribution in [0.1, 0.15) is 73.1 Å². The van der Waals surface area contributed by atoms with E-state index in [2.05, 4.69) is 39.9 Å². The van der Waals surface area contributed by atoms with E-state index in [1.807, 2.05) is 0 Å². The Hall–Kier alpha value is -0.0800. The summed E-state index contributed by atoms with van der Waals surface area (Å²) in [5.41, 5.74) is 0.00513. The lowest BCUT2D eigenvalue weighted by Gasteiger charge is -2.37. The van der Waals surface area contributed by atoms with Crippen LogP contribution in [0.5, 0.6) is 0 Å². The third-order valence-corrected chi connectivity index (χ3v) is 4.28. The van der Waals surface area contributed by atoms with Crippen LogP contribution in [-0.2, 0) is 4.74 Å². The Bertz CT molecular complexity index is 234. The largest absolute Gasteiger partial charge is 0.376 e. The van der Waals surface area contributed by atoms with Gasteiger partial charge < -0.3 is 10.1 Å². The maximum Gasteiger partial charge on any atom is 0.0598 e. The Morgan fingerprint density at radius 2 is 1.84 bits per heavy atom. The summed E-state index contributed by atoms with van der Waals surface area (Å²) in [6.07, 6.45) is 8.15. The molecule has 1 saturated carbocycles. The molecule has 2 nitrogen and oxygen atoms in total. The lowest BCUT2D eigenvalue weighted by atomic mass is 9.75. The van der Waals surface area contributed by atoms with Crippen molar-refractivity contribution in [2.45, 2.75) is 84.8 Å². The molecule has 1 fully saturated rings. The summed E-state index contributed by atoms with van der Waals surface area (Å²) in [6, 6.07) is 0.724. The van der Waals surface area contributed by atoms with Gasteiger partial charge in [-0.05, 0) is 64.8 Å². The number of hydrogen-bond donors (Lipinski definition) is 1. The molecule has 1 aliphatic rings. The average molecular weight is 269 g/mol. The van der Waals surface area contributed by atoms with Gasteiger partial charge in [0.15, 0.2) is 0 Å². The van der Waals surface area contributed by atoms with E-state index in [1.54, 1.807) is 0 Å². The summed E-state index contributed by atoms with van der Waals surface area (Å²) in [4.78, 5) is 0. The lowest BCUT2D eigenvalue weighted by molar-refractivity contribution is -0.0147. The number of ether oxygens (including phenoxy) is 1. The Morgan fingerprint density at radius 1 is 1.11 bits per heavy atom. The minimum Gasteiger partial charge on any atom is -0.376 e. The molecular formula is C17H35NO. The van der Waals surface area contributed by atoms with E-state index in [9.17, 15) is 0 Å². The van der Waals surface area contributed by atoms with Gasteiger partial charge in [-0.1, -0.05) is 26.7 Å². The van der Waals surface area contributed by atoms with Crippen molar-refractivity contribution in [1.82, 2.24) is 5.32 Å². The standard InChI is InChI=1S/C17H35NO/c1-6-8-14-9-10-16(18-7-2)15(13-14)11-12-19-17(3,4)5/h14-16,18H,6-13H2,1-5H3. The zero-order chi connectivity index (χ0) is 14.3. The van der Waals surface area contributed by atoms with Gasteiger partial charge in [0.1, 0.15) is 0 Å². The van der Waals surface area contributed by atoms with Crippen molar-refractivity contribution in [1.29, 1.82) is 0 Å². The number of hydrogen-bond acceptors (Lipinski definition) is 2. The Labute approximate surface area is 120 Å². The van der Waals surface area contributed by atoms with Crippen LogP contribution in [-0.4, -0.2) is 24.8 Å². The third-order valence-electron chi connectivity index (χ3n) is 4.28. The fourth-order valence-corrected chi connectivity index (χ4v) is 3.40. The highest BCUT2D eigenvalue weighted by Gasteiger charge is 2.29. The molecule has 0 bridgehead atoms. The molecule has 114 valence electrons. The first-order valence-electron chi connectivity index (χ1n) is 8.33. The molecule has 0 aromatic rings. The van der Waals surface area contributed by atoms with E-state index in [0.717, 1.165) is 31.0 Å². The fourth-order valence-electron chi connectivity index (χ4n) is 3.40. The predicted molar refractivity (Wildman–Crippen MR) is 83.5 cm³/mol. The second-order valence-electron chi connectivity index (χ2n) is 7.14. The second-order valence-corrected chi connectivity index (χ2v) is 7.14. The van der Waals surface area contributed by atoms with E-state index >= 15 is 0 Å². The monoisotopic (exact) mass is 269 g/mol. The molecule has 3 unspecified atom stereocenters. The fraction of sp³-hybridized carbons (Fsp3) is 1.00. The molecular weight excluding hydrogens is 234 g/mol. The minimum absolute atomic E-state index is 0.00513. The van der Waals surface area contributed by atoms with E-state index in [0.29, 0.717) is 0 Å². The highest BCUT2D eigenvalue weighted by Crippen LogP contribution is 2.34. The Balaban J connectivity index is 2.42. The third kappa shape index (κ3) is 6.76. The first kappa shape index (κ1) is 17.0. The van der Waals surface area contributed by atoms with Gasteiger partial charge >= 0.3 is 0 Å². The van der Waals surface area contributed by atoms with Gasteiger partial charge in [0, 0.05) is 12.6 Å². The normalized spacial score (nSPS) is 28.6. The molecule has 0 aromatic carbocycles. The van der Waals surface area contributed by atoms with E-state index in [4.69, 9.17) is 4.74 Å².